The summed E-state index contributed by atoms with van der Waals surface area (Å²) < 4.78 is 1.92. The molecule has 0 radical (unpaired) electrons. The van der Waals surface area contributed by atoms with Crippen LogP contribution >= 0.6 is 23.2 Å². The zero-order valence-electron chi connectivity index (χ0n) is 14.9. The summed E-state index contributed by atoms with van der Waals surface area (Å²) >= 11 is 12.0. The molecule has 0 aliphatic heterocycles. The second-order valence-electron chi connectivity index (χ2n) is 6.22. The van der Waals surface area contributed by atoms with Crippen LogP contribution in [0.2, 0.25) is 10.0 Å². The Hall–Kier alpha value is -2.74. The van der Waals surface area contributed by atoms with Crippen LogP contribution in [0.1, 0.15) is 32.7 Å². The molecule has 0 saturated carbocycles. The van der Waals surface area contributed by atoms with Gasteiger partial charge in [-0.15, -0.1) is 0 Å². The Kier molecular flexibility index (Phi) is 5.55. The van der Waals surface area contributed by atoms with Crippen LogP contribution in [0, 0.1) is 25.2 Å². The number of benzene rings is 2. The van der Waals surface area contributed by atoms with Crippen molar-refractivity contribution in [2.75, 3.05) is 5.32 Å². The average Bonchev–Trinajstić information content (AvgIpc) is 2.86. The number of rotatable bonds is 4. The molecule has 1 heterocycles. The lowest BCUT2D eigenvalue weighted by atomic mass is 10.2. The van der Waals surface area contributed by atoms with Crippen molar-refractivity contribution < 1.29 is 4.79 Å². The largest absolute Gasteiger partial charge is 0.326 e. The second-order valence-corrected chi connectivity index (χ2v) is 7.10. The first-order valence-corrected chi connectivity index (χ1v) is 9.07. The molecule has 0 aliphatic carbocycles. The molecule has 0 saturated heterocycles. The Labute approximate surface area is 167 Å². The number of nitrogens with one attached hydrogen (secondary N) is 1. The first-order chi connectivity index (χ1) is 12.9. The maximum absolute atomic E-state index is 12.7. The van der Waals surface area contributed by atoms with E-state index < -0.39 is 0 Å². The molecule has 3 aromatic rings. The van der Waals surface area contributed by atoms with E-state index in [-0.39, 0.29) is 5.91 Å². The number of aromatic nitrogens is 1. The van der Waals surface area contributed by atoms with E-state index in [1.807, 2.05) is 42.7 Å². The highest BCUT2D eigenvalue weighted by Gasteiger charge is 2.20. The van der Waals surface area contributed by atoms with E-state index in [0.29, 0.717) is 33.5 Å². The highest BCUT2D eigenvalue weighted by atomic mass is 35.5. The van der Waals surface area contributed by atoms with Gasteiger partial charge in [-0.05, 0) is 61.4 Å². The topological polar surface area (TPSA) is 57.8 Å². The van der Waals surface area contributed by atoms with E-state index in [0.717, 1.165) is 16.8 Å². The average molecular weight is 398 g/mol. The third-order valence-electron chi connectivity index (χ3n) is 4.51. The zero-order chi connectivity index (χ0) is 19.6. The maximum atomic E-state index is 12.7. The van der Waals surface area contributed by atoms with Crippen molar-refractivity contribution in [1.82, 2.24) is 4.57 Å². The molecule has 0 bridgehead atoms. The molecule has 1 aromatic heterocycles. The number of hydrogen-bond acceptors (Lipinski definition) is 2. The van der Waals surface area contributed by atoms with E-state index in [2.05, 4.69) is 11.4 Å². The molecule has 3 rings (SSSR count). The summed E-state index contributed by atoms with van der Waals surface area (Å²) in [5.74, 6) is 0.181. The van der Waals surface area contributed by atoms with Crippen LogP contribution in [0.15, 0.2) is 48.5 Å². The van der Waals surface area contributed by atoms with Gasteiger partial charge >= 0.3 is 0 Å². The van der Waals surface area contributed by atoms with Crippen LogP contribution in [0.4, 0.5) is 5.82 Å². The fraction of sp³-hybridized carbons (Fsp3) is 0.143. The number of carbonyl (C=O) groups excluding carboxylic acids is 1. The van der Waals surface area contributed by atoms with Gasteiger partial charge in [0.1, 0.15) is 11.9 Å². The fourth-order valence-electron chi connectivity index (χ4n) is 2.93. The monoisotopic (exact) mass is 397 g/mol. The number of anilines is 1. The quantitative estimate of drug-likeness (QED) is 0.623. The van der Waals surface area contributed by atoms with Gasteiger partial charge in [-0.25, -0.2) is 0 Å². The molecule has 1 N–H and O–H groups in total. The van der Waals surface area contributed by atoms with Crippen LogP contribution < -0.4 is 5.32 Å². The number of nitrogens with zero attached hydrogens (tertiary/aromatic N) is 2. The van der Waals surface area contributed by atoms with Gasteiger partial charge in [0.15, 0.2) is 0 Å². The summed E-state index contributed by atoms with van der Waals surface area (Å²) in [6.45, 7) is 4.30. The van der Waals surface area contributed by atoms with E-state index >= 15 is 0 Å². The van der Waals surface area contributed by atoms with Crippen molar-refractivity contribution in [1.29, 1.82) is 5.26 Å². The molecule has 0 unspecified atom stereocenters. The maximum Gasteiger partial charge on any atom is 0.256 e. The molecule has 6 heteroatoms. The van der Waals surface area contributed by atoms with Crippen molar-refractivity contribution in [3.05, 3.63) is 86.5 Å². The van der Waals surface area contributed by atoms with Gasteiger partial charge in [0.05, 0.1) is 5.56 Å². The van der Waals surface area contributed by atoms with Crippen LogP contribution in [-0.2, 0) is 6.54 Å². The van der Waals surface area contributed by atoms with Crippen molar-refractivity contribution in [3.63, 3.8) is 0 Å². The summed E-state index contributed by atoms with van der Waals surface area (Å²) in [6.07, 6.45) is 0. The highest BCUT2D eigenvalue weighted by Crippen LogP contribution is 2.28. The molecule has 4 nitrogen and oxygen atoms in total. The van der Waals surface area contributed by atoms with Gasteiger partial charge in [0, 0.05) is 27.8 Å². The van der Waals surface area contributed by atoms with E-state index in [1.165, 1.54) is 0 Å². The second kappa shape index (κ2) is 7.87. The SMILES string of the molecule is Cc1c(C#N)c(NC(=O)c2ccc(Cl)cc2)n(Cc2cccc(Cl)c2)c1C. The lowest BCUT2D eigenvalue weighted by Crippen LogP contribution is -2.17. The Morgan fingerprint density at radius 1 is 1.11 bits per heavy atom. The Bertz CT molecular complexity index is 1050. The Morgan fingerprint density at radius 2 is 1.81 bits per heavy atom. The zero-order valence-corrected chi connectivity index (χ0v) is 16.4. The van der Waals surface area contributed by atoms with Crippen molar-refractivity contribution >= 4 is 34.9 Å². The summed E-state index contributed by atoms with van der Waals surface area (Å²) in [5.41, 5.74) is 3.65. The van der Waals surface area contributed by atoms with Gasteiger partial charge in [0.25, 0.3) is 5.91 Å². The van der Waals surface area contributed by atoms with Crippen LogP contribution in [-0.4, -0.2) is 10.5 Å². The van der Waals surface area contributed by atoms with Crippen LogP contribution in [0.25, 0.3) is 0 Å². The number of carbonyl (C=O) groups is 1. The first kappa shape index (κ1) is 19.0. The number of halogens is 2. The predicted molar refractivity (Wildman–Crippen MR) is 109 cm³/mol. The van der Waals surface area contributed by atoms with Gasteiger partial charge in [0.2, 0.25) is 0 Å². The molecule has 2 aromatic carbocycles. The van der Waals surface area contributed by atoms with Crippen molar-refractivity contribution in [3.8, 4) is 6.07 Å². The summed E-state index contributed by atoms with van der Waals surface area (Å²) in [7, 11) is 0. The highest BCUT2D eigenvalue weighted by molar-refractivity contribution is 6.31. The molecule has 0 atom stereocenters. The van der Waals surface area contributed by atoms with Crippen LogP contribution in [0.3, 0.4) is 0 Å². The number of nitriles is 1. The molecule has 136 valence electrons. The minimum absolute atomic E-state index is 0.298. The van der Waals surface area contributed by atoms with Gasteiger partial charge < -0.3 is 9.88 Å². The minimum atomic E-state index is -0.298. The smallest absolute Gasteiger partial charge is 0.256 e. The molecule has 1 amide bonds. The van der Waals surface area contributed by atoms with Crippen molar-refractivity contribution in [2.45, 2.75) is 20.4 Å². The van der Waals surface area contributed by atoms with Gasteiger partial charge in [-0.3, -0.25) is 4.79 Å². The molecule has 27 heavy (non-hydrogen) atoms. The molecule has 0 spiro atoms. The van der Waals surface area contributed by atoms with E-state index in [1.54, 1.807) is 24.3 Å². The molecular weight excluding hydrogens is 381 g/mol. The van der Waals surface area contributed by atoms with E-state index in [9.17, 15) is 10.1 Å². The van der Waals surface area contributed by atoms with E-state index in [4.69, 9.17) is 23.2 Å². The normalized spacial score (nSPS) is 10.5. The number of hydrogen-bond donors (Lipinski definition) is 1. The summed E-state index contributed by atoms with van der Waals surface area (Å²) in [4.78, 5) is 12.7. The third kappa shape index (κ3) is 4.00. The predicted octanol–water partition coefficient (Wildman–Crippen LogP) is 5.58. The Balaban J connectivity index is 2.00. The summed E-state index contributed by atoms with van der Waals surface area (Å²) in [5, 5.41) is 13.7. The molecule has 0 fully saturated rings. The Morgan fingerprint density at radius 3 is 2.44 bits per heavy atom. The summed E-state index contributed by atoms with van der Waals surface area (Å²) in [6, 6.07) is 16.3. The lowest BCUT2D eigenvalue weighted by molar-refractivity contribution is 0.102. The van der Waals surface area contributed by atoms with Gasteiger partial charge in [-0.1, -0.05) is 35.3 Å². The molecular formula is C21H17Cl2N3O. The third-order valence-corrected chi connectivity index (χ3v) is 5.00. The minimum Gasteiger partial charge on any atom is -0.326 e. The first-order valence-electron chi connectivity index (χ1n) is 8.32. The van der Waals surface area contributed by atoms with Gasteiger partial charge in [-0.2, -0.15) is 5.26 Å². The molecule has 0 aliphatic rings. The fourth-order valence-corrected chi connectivity index (χ4v) is 3.27. The standard InChI is InChI=1S/C21H17Cl2N3O/c1-13-14(2)26(12-15-4-3-5-18(23)10-15)20(19(13)11-24)25-21(27)16-6-8-17(22)9-7-16/h3-10H,12H2,1-2H3,(H,25,27). The lowest BCUT2D eigenvalue weighted by Gasteiger charge is -2.13. The number of amides is 1. The van der Waals surface area contributed by atoms with Crippen LogP contribution in [0.5, 0.6) is 0 Å². The van der Waals surface area contributed by atoms with Crippen molar-refractivity contribution in [2.24, 2.45) is 0 Å².